The number of rotatable bonds is 3. The first-order valence-corrected chi connectivity index (χ1v) is 6.93. The van der Waals surface area contributed by atoms with Crippen molar-refractivity contribution < 1.29 is 14.7 Å². The molecule has 0 saturated carbocycles. The van der Waals surface area contributed by atoms with E-state index in [0.29, 0.717) is 6.54 Å². The van der Waals surface area contributed by atoms with Crippen molar-refractivity contribution in [3.63, 3.8) is 0 Å². The van der Waals surface area contributed by atoms with Crippen molar-refractivity contribution in [2.45, 2.75) is 20.4 Å². The van der Waals surface area contributed by atoms with Crippen molar-refractivity contribution >= 4 is 23.2 Å². The Labute approximate surface area is 114 Å². The van der Waals surface area contributed by atoms with Gasteiger partial charge in [0.15, 0.2) is 0 Å². The molecule has 1 amide bonds. The third-order valence-electron chi connectivity index (χ3n) is 3.55. The molecule has 1 aromatic rings. The van der Waals surface area contributed by atoms with Gasteiger partial charge in [0.2, 0.25) is 5.91 Å². The van der Waals surface area contributed by atoms with Crippen molar-refractivity contribution in [3.8, 4) is 0 Å². The number of hydrogen-bond donors (Lipinski definition) is 1. The second kappa shape index (κ2) is 5.16. The van der Waals surface area contributed by atoms with Gasteiger partial charge < -0.3 is 10.0 Å². The number of carbonyl (C=O) groups excluding carboxylic acids is 1. The molecule has 0 aromatic carbocycles. The molecule has 1 fully saturated rings. The highest BCUT2D eigenvalue weighted by molar-refractivity contribution is 7.07. The van der Waals surface area contributed by atoms with E-state index < -0.39 is 11.9 Å². The molecule has 2 heterocycles. The molecule has 6 nitrogen and oxygen atoms in total. The SMILES string of the molecule is Cc1csc(=O)n1CC(=O)N1C[C@@H](C)[C@H](C(=O)O)C1. The zero-order chi connectivity index (χ0) is 14.2. The van der Waals surface area contributed by atoms with Gasteiger partial charge in [-0.05, 0) is 12.8 Å². The molecule has 1 aromatic heterocycles. The van der Waals surface area contributed by atoms with Gasteiger partial charge in [-0.3, -0.25) is 19.0 Å². The fourth-order valence-electron chi connectivity index (χ4n) is 2.32. The summed E-state index contributed by atoms with van der Waals surface area (Å²) in [4.78, 5) is 36.0. The number of likely N-dealkylation sites (tertiary alicyclic amines) is 1. The highest BCUT2D eigenvalue weighted by Gasteiger charge is 2.36. The molecule has 0 spiro atoms. The van der Waals surface area contributed by atoms with E-state index in [2.05, 4.69) is 0 Å². The molecule has 1 aliphatic rings. The number of aliphatic carboxylic acids is 1. The lowest BCUT2D eigenvalue weighted by atomic mass is 9.99. The molecular weight excluding hydrogens is 268 g/mol. The van der Waals surface area contributed by atoms with Crippen LogP contribution in [0.15, 0.2) is 10.2 Å². The summed E-state index contributed by atoms with van der Waals surface area (Å²) in [6, 6.07) is 0. The number of carboxylic acids is 1. The fraction of sp³-hybridized carbons (Fsp3) is 0.583. The standard InChI is InChI=1S/C12H16N2O4S/c1-7-3-13(4-9(7)11(16)17)10(15)5-14-8(2)6-19-12(14)18/h6-7,9H,3-5H2,1-2H3,(H,16,17)/t7-,9-/m1/s1. The fourth-order valence-corrected chi connectivity index (χ4v) is 3.06. The number of aromatic nitrogens is 1. The number of carboxylic acid groups (broad SMARTS) is 1. The molecule has 1 saturated heterocycles. The summed E-state index contributed by atoms with van der Waals surface area (Å²) in [5.74, 6) is -1.63. The van der Waals surface area contributed by atoms with Gasteiger partial charge in [0.25, 0.3) is 0 Å². The zero-order valence-corrected chi connectivity index (χ0v) is 11.6. The van der Waals surface area contributed by atoms with Gasteiger partial charge in [0.1, 0.15) is 6.54 Å². The minimum atomic E-state index is -0.869. The van der Waals surface area contributed by atoms with Crippen LogP contribution in [-0.2, 0) is 16.1 Å². The third-order valence-corrected chi connectivity index (χ3v) is 4.43. The first-order chi connectivity index (χ1) is 8.90. The molecule has 1 aliphatic heterocycles. The third kappa shape index (κ3) is 2.70. The Bertz CT molecular complexity index is 562. The van der Waals surface area contributed by atoms with E-state index in [1.54, 1.807) is 12.3 Å². The van der Waals surface area contributed by atoms with Crippen LogP contribution in [0.3, 0.4) is 0 Å². The number of aryl methyl sites for hydroxylation is 1. The van der Waals surface area contributed by atoms with E-state index in [9.17, 15) is 14.4 Å². The predicted octanol–water partition coefficient (Wildman–Crippen LogP) is 0.397. The molecule has 0 unspecified atom stereocenters. The van der Waals surface area contributed by atoms with Gasteiger partial charge in [-0.25, -0.2) is 0 Å². The minimum Gasteiger partial charge on any atom is -0.481 e. The highest BCUT2D eigenvalue weighted by atomic mass is 32.1. The summed E-state index contributed by atoms with van der Waals surface area (Å²) in [7, 11) is 0. The molecule has 19 heavy (non-hydrogen) atoms. The van der Waals surface area contributed by atoms with E-state index in [1.165, 1.54) is 9.47 Å². The van der Waals surface area contributed by atoms with Gasteiger partial charge in [-0.15, -0.1) is 0 Å². The van der Waals surface area contributed by atoms with Crippen LogP contribution in [0.4, 0.5) is 0 Å². The first-order valence-electron chi connectivity index (χ1n) is 6.05. The van der Waals surface area contributed by atoms with E-state index in [4.69, 9.17) is 5.11 Å². The Morgan fingerprint density at radius 2 is 2.16 bits per heavy atom. The van der Waals surface area contributed by atoms with E-state index in [0.717, 1.165) is 17.0 Å². The van der Waals surface area contributed by atoms with Gasteiger partial charge in [0, 0.05) is 24.2 Å². The first kappa shape index (κ1) is 13.8. The van der Waals surface area contributed by atoms with Crippen LogP contribution in [0.2, 0.25) is 0 Å². The Kier molecular flexibility index (Phi) is 3.75. The smallest absolute Gasteiger partial charge is 0.308 e. The molecule has 0 aliphatic carbocycles. The Morgan fingerprint density at radius 1 is 1.47 bits per heavy atom. The monoisotopic (exact) mass is 284 g/mol. The lowest BCUT2D eigenvalue weighted by Crippen LogP contribution is -2.35. The van der Waals surface area contributed by atoms with Crippen molar-refractivity contribution in [1.82, 2.24) is 9.47 Å². The van der Waals surface area contributed by atoms with Gasteiger partial charge in [0.05, 0.1) is 5.92 Å². The summed E-state index contributed by atoms with van der Waals surface area (Å²) >= 11 is 1.06. The molecular formula is C12H16N2O4S. The number of amides is 1. The Hall–Kier alpha value is -1.63. The number of thiazole rings is 1. The van der Waals surface area contributed by atoms with Crippen molar-refractivity contribution in [2.75, 3.05) is 13.1 Å². The topological polar surface area (TPSA) is 79.6 Å². The van der Waals surface area contributed by atoms with Crippen LogP contribution in [-0.4, -0.2) is 39.5 Å². The largest absolute Gasteiger partial charge is 0.481 e. The van der Waals surface area contributed by atoms with Crippen LogP contribution in [0.1, 0.15) is 12.6 Å². The summed E-state index contributed by atoms with van der Waals surface area (Å²) < 4.78 is 1.42. The maximum atomic E-state index is 12.1. The van der Waals surface area contributed by atoms with E-state index in [1.807, 2.05) is 6.92 Å². The molecule has 0 radical (unpaired) electrons. The normalized spacial score (nSPS) is 22.7. The summed E-state index contributed by atoms with van der Waals surface area (Å²) in [6.45, 7) is 4.26. The highest BCUT2D eigenvalue weighted by Crippen LogP contribution is 2.23. The van der Waals surface area contributed by atoms with Crippen LogP contribution in [0, 0.1) is 18.8 Å². The van der Waals surface area contributed by atoms with Gasteiger partial charge in [-0.1, -0.05) is 18.3 Å². The second-order valence-electron chi connectivity index (χ2n) is 4.95. The molecule has 0 bridgehead atoms. The van der Waals surface area contributed by atoms with Crippen LogP contribution in [0.25, 0.3) is 0 Å². The zero-order valence-electron chi connectivity index (χ0n) is 10.8. The molecule has 1 N–H and O–H groups in total. The number of hydrogen-bond acceptors (Lipinski definition) is 4. The average molecular weight is 284 g/mol. The summed E-state index contributed by atoms with van der Waals surface area (Å²) in [6.07, 6.45) is 0. The lowest BCUT2D eigenvalue weighted by Gasteiger charge is -2.16. The van der Waals surface area contributed by atoms with Crippen molar-refractivity contribution in [3.05, 3.63) is 20.7 Å². The quantitative estimate of drug-likeness (QED) is 0.871. The van der Waals surface area contributed by atoms with E-state index >= 15 is 0 Å². The Morgan fingerprint density at radius 3 is 2.63 bits per heavy atom. The molecule has 2 rings (SSSR count). The average Bonchev–Trinajstić information content (AvgIpc) is 2.86. The maximum Gasteiger partial charge on any atom is 0.308 e. The number of carbonyl (C=O) groups is 2. The molecule has 7 heteroatoms. The van der Waals surface area contributed by atoms with Crippen molar-refractivity contribution in [2.24, 2.45) is 11.8 Å². The van der Waals surface area contributed by atoms with Crippen molar-refractivity contribution in [1.29, 1.82) is 0 Å². The molecule has 104 valence electrons. The van der Waals surface area contributed by atoms with Gasteiger partial charge in [-0.2, -0.15) is 0 Å². The minimum absolute atomic E-state index is 0.00672. The molecule has 2 atom stereocenters. The van der Waals surface area contributed by atoms with Crippen LogP contribution < -0.4 is 4.87 Å². The number of nitrogens with zero attached hydrogens (tertiary/aromatic N) is 2. The Balaban J connectivity index is 2.06. The summed E-state index contributed by atoms with van der Waals surface area (Å²) in [5.41, 5.74) is 0.755. The second-order valence-corrected chi connectivity index (χ2v) is 5.77. The van der Waals surface area contributed by atoms with E-state index in [-0.39, 0.29) is 29.8 Å². The van der Waals surface area contributed by atoms with Crippen LogP contribution >= 0.6 is 11.3 Å². The lowest BCUT2D eigenvalue weighted by molar-refractivity contribution is -0.142. The van der Waals surface area contributed by atoms with Crippen LogP contribution in [0.5, 0.6) is 0 Å². The summed E-state index contributed by atoms with van der Waals surface area (Å²) in [5, 5.41) is 10.7. The van der Waals surface area contributed by atoms with Gasteiger partial charge >= 0.3 is 10.8 Å². The maximum absolute atomic E-state index is 12.1. The predicted molar refractivity (Wildman–Crippen MR) is 70.2 cm³/mol.